The van der Waals surface area contributed by atoms with Crippen molar-refractivity contribution in [2.24, 2.45) is 12.8 Å². The Bertz CT molecular complexity index is 577. The van der Waals surface area contributed by atoms with Crippen molar-refractivity contribution in [3.8, 4) is 0 Å². The number of carbonyl (C=O) groups is 1. The van der Waals surface area contributed by atoms with Gasteiger partial charge in [-0.15, -0.1) is 0 Å². The van der Waals surface area contributed by atoms with Crippen molar-refractivity contribution in [3.05, 3.63) is 12.5 Å². The van der Waals surface area contributed by atoms with E-state index in [0.717, 1.165) is 12.8 Å². The lowest BCUT2D eigenvalue weighted by atomic mass is 9.94. The molecule has 1 aromatic heterocycles. The zero-order chi connectivity index (χ0) is 16.1. The van der Waals surface area contributed by atoms with Crippen molar-refractivity contribution in [2.45, 2.75) is 37.3 Å². The van der Waals surface area contributed by atoms with Gasteiger partial charge in [-0.05, 0) is 12.8 Å². The van der Waals surface area contributed by atoms with Crippen LogP contribution in [0.1, 0.15) is 26.7 Å². The summed E-state index contributed by atoms with van der Waals surface area (Å²) in [7, 11) is -2.11. The van der Waals surface area contributed by atoms with Crippen molar-refractivity contribution in [3.63, 3.8) is 0 Å². The van der Waals surface area contributed by atoms with Crippen molar-refractivity contribution in [2.75, 3.05) is 13.1 Å². The highest BCUT2D eigenvalue weighted by Crippen LogP contribution is 2.09. The second kappa shape index (κ2) is 7.01. The zero-order valence-corrected chi connectivity index (χ0v) is 13.4. The number of carbonyl (C=O) groups excluding carboxylic acids is 1. The highest BCUT2D eigenvalue weighted by molar-refractivity contribution is 7.89. The molecule has 1 aromatic rings. The fraction of sp³-hybridized carbons (Fsp3) is 0.667. The Hall–Kier alpha value is -1.45. The Morgan fingerprint density at radius 2 is 2.05 bits per heavy atom. The minimum Gasteiger partial charge on any atom is -0.353 e. The van der Waals surface area contributed by atoms with Gasteiger partial charge in [-0.1, -0.05) is 13.8 Å². The number of rotatable bonds is 8. The normalized spacial score (nSPS) is 12.4. The number of hydrogen-bond acceptors (Lipinski definition) is 5. The Morgan fingerprint density at radius 3 is 2.52 bits per heavy atom. The summed E-state index contributed by atoms with van der Waals surface area (Å²) in [5.41, 5.74) is 5.59. The molecule has 0 aromatic carbocycles. The molecule has 1 heterocycles. The van der Waals surface area contributed by atoms with E-state index in [1.165, 1.54) is 17.1 Å². The molecule has 8 nitrogen and oxygen atoms in total. The van der Waals surface area contributed by atoms with Gasteiger partial charge in [0, 0.05) is 25.3 Å². The fourth-order valence-corrected chi connectivity index (χ4v) is 2.56. The summed E-state index contributed by atoms with van der Waals surface area (Å²) in [6.07, 6.45) is 4.19. The van der Waals surface area contributed by atoms with Crippen LogP contribution in [0.15, 0.2) is 17.6 Å². The van der Waals surface area contributed by atoms with Crippen LogP contribution < -0.4 is 15.8 Å². The summed E-state index contributed by atoms with van der Waals surface area (Å²) in [4.78, 5) is 15.4. The van der Waals surface area contributed by atoms with Crippen LogP contribution >= 0.6 is 0 Å². The minimum absolute atomic E-state index is 0.118. The number of nitrogens with two attached hydrogens (primary N) is 1. The zero-order valence-electron chi connectivity index (χ0n) is 12.6. The molecule has 0 saturated heterocycles. The van der Waals surface area contributed by atoms with Gasteiger partial charge in [0.05, 0.1) is 12.9 Å². The molecule has 0 aliphatic heterocycles. The number of amides is 1. The Balaban J connectivity index is 2.50. The van der Waals surface area contributed by atoms with Crippen LogP contribution in [0.5, 0.6) is 0 Å². The standard InChI is InChI=1S/C12H23N5O3S/c1-4-12(13,5-2)8-14-10(18)6-16-21(19,20)11-7-17(3)9-15-11/h7,9,16H,4-6,8,13H2,1-3H3,(H,14,18). The Labute approximate surface area is 125 Å². The van der Waals surface area contributed by atoms with Crippen molar-refractivity contribution < 1.29 is 13.2 Å². The van der Waals surface area contributed by atoms with E-state index in [9.17, 15) is 13.2 Å². The smallest absolute Gasteiger partial charge is 0.260 e. The summed E-state index contributed by atoms with van der Waals surface area (Å²) in [6.45, 7) is 3.85. The van der Waals surface area contributed by atoms with Crippen LogP contribution in [0.3, 0.4) is 0 Å². The SMILES string of the molecule is CCC(N)(CC)CNC(=O)CNS(=O)(=O)c1cn(C)cn1. The fourth-order valence-electron chi connectivity index (χ4n) is 1.60. The van der Waals surface area contributed by atoms with Crippen molar-refractivity contribution in [1.29, 1.82) is 0 Å². The van der Waals surface area contributed by atoms with E-state index < -0.39 is 21.5 Å². The predicted molar refractivity (Wildman–Crippen MR) is 78.9 cm³/mol. The van der Waals surface area contributed by atoms with E-state index in [1.807, 2.05) is 13.8 Å². The van der Waals surface area contributed by atoms with Crippen LogP contribution in [0.25, 0.3) is 0 Å². The lowest BCUT2D eigenvalue weighted by Gasteiger charge is -2.26. The molecule has 0 bridgehead atoms. The number of nitrogens with one attached hydrogen (secondary N) is 2. The number of imidazole rings is 1. The first-order valence-corrected chi connectivity index (χ1v) is 8.24. The average molecular weight is 317 g/mol. The second-order valence-electron chi connectivity index (χ2n) is 5.05. The molecule has 0 saturated carbocycles. The van der Waals surface area contributed by atoms with E-state index in [1.54, 1.807) is 7.05 Å². The van der Waals surface area contributed by atoms with Gasteiger partial charge in [-0.25, -0.2) is 18.1 Å². The third-order valence-corrected chi connectivity index (χ3v) is 4.71. The lowest BCUT2D eigenvalue weighted by molar-refractivity contribution is -0.120. The number of hydrogen-bond donors (Lipinski definition) is 3. The first kappa shape index (κ1) is 17.6. The third-order valence-electron chi connectivity index (χ3n) is 3.43. The maximum absolute atomic E-state index is 11.9. The third kappa shape index (κ3) is 5.10. The van der Waals surface area contributed by atoms with E-state index in [2.05, 4.69) is 15.0 Å². The van der Waals surface area contributed by atoms with Gasteiger partial charge in [-0.2, -0.15) is 0 Å². The van der Waals surface area contributed by atoms with Crippen LogP contribution in [0.4, 0.5) is 0 Å². The van der Waals surface area contributed by atoms with E-state index >= 15 is 0 Å². The first-order valence-electron chi connectivity index (χ1n) is 6.75. The molecule has 0 aliphatic carbocycles. The van der Waals surface area contributed by atoms with Crippen LogP contribution in [0, 0.1) is 0 Å². The first-order chi connectivity index (χ1) is 9.72. The number of aromatic nitrogens is 2. The Kier molecular flexibility index (Phi) is 5.87. The molecule has 21 heavy (non-hydrogen) atoms. The molecule has 0 unspecified atom stereocenters. The van der Waals surface area contributed by atoms with Gasteiger partial charge in [0.2, 0.25) is 5.91 Å². The van der Waals surface area contributed by atoms with Gasteiger partial charge in [0.1, 0.15) is 0 Å². The summed E-state index contributed by atoms with van der Waals surface area (Å²) in [6, 6.07) is 0. The van der Waals surface area contributed by atoms with Crippen LogP contribution in [0.2, 0.25) is 0 Å². The summed E-state index contributed by atoms with van der Waals surface area (Å²) >= 11 is 0. The summed E-state index contributed by atoms with van der Waals surface area (Å²) in [5, 5.41) is 2.52. The number of aryl methyl sites for hydroxylation is 1. The second-order valence-corrected chi connectivity index (χ2v) is 6.76. The van der Waals surface area contributed by atoms with Crippen LogP contribution in [-0.2, 0) is 21.9 Å². The summed E-state index contributed by atoms with van der Waals surface area (Å²) < 4.78 is 27.5. The van der Waals surface area contributed by atoms with Gasteiger partial charge >= 0.3 is 0 Å². The maximum atomic E-state index is 11.9. The molecule has 120 valence electrons. The molecular formula is C12H23N5O3S. The lowest BCUT2D eigenvalue weighted by Crippen LogP contribution is -2.50. The topological polar surface area (TPSA) is 119 Å². The highest BCUT2D eigenvalue weighted by atomic mass is 32.2. The maximum Gasteiger partial charge on any atom is 0.260 e. The highest BCUT2D eigenvalue weighted by Gasteiger charge is 2.22. The summed E-state index contributed by atoms with van der Waals surface area (Å²) in [5.74, 6) is -0.425. The van der Waals surface area contributed by atoms with Crippen LogP contribution in [-0.4, -0.2) is 42.5 Å². The van der Waals surface area contributed by atoms with Crippen molar-refractivity contribution in [1.82, 2.24) is 19.6 Å². The molecule has 0 radical (unpaired) electrons. The number of nitrogens with zero attached hydrogens (tertiary/aromatic N) is 2. The van der Waals surface area contributed by atoms with Gasteiger partial charge < -0.3 is 15.6 Å². The molecule has 0 fully saturated rings. The number of sulfonamides is 1. The van der Waals surface area contributed by atoms with Crippen molar-refractivity contribution >= 4 is 15.9 Å². The van der Waals surface area contributed by atoms with E-state index in [-0.39, 0.29) is 11.6 Å². The molecule has 0 atom stereocenters. The van der Waals surface area contributed by atoms with E-state index in [4.69, 9.17) is 5.73 Å². The Morgan fingerprint density at radius 1 is 1.43 bits per heavy atom. The van der Waals surface area contributed by atoms with E-state index in [0.29, 0.717) is 6.54 Å². The predicted octanol–water partition coefficient (Wildman–Crippen LogP) is -0.668. The van der Waals surface area contributed by atoms with Gasteiger partial charge in [-0.3, -0.25) is 4.79 Å². The molecular weight excluding hydrogens is 294 g/mol. The molecule has 9 heteroatoms. The molecule has 1 amide bonds. The monoisotopic (exact) mass is 317 g/mol. The molecule has 1 rings (SSSR count). The van der Waals surface area contributed by atoms with Gasteiger partial charge in [0.15, 0.2) is 5.03 Å². The average Bonchev–Trinajstić information content (AvgIpc) is 2.90. The quantitative estimate of drug-likeness (QED) is 0.587. The molecule has 4 N–H and O–H groups in total. The molecule has 0 aliphatic rings. The minimum atomic E-state index is -3.77. The largest absolute Gasteiger partial charge is 0.353 e. The van der Waals surface area contributed by atoms with Gasteiger partial charge in [0.25, 0.3) is 10.0 Å². The molecule has 0 spiro atoms.